The van der Waals surface area contributed by atoms with E-state index in [1.54, 1.807) is 12.1 Å². The van der Waals surface area contributed by atoms with Crippen LogP contribution < -0.4 is 0 Å². The van der Waals surface area contributed by atoms with E-state index in [0.717, 1.165) is 11.3 Å². The van der Waals surface area contributed by atoms with E-state index in [4.69, 9.17) is 10.00 Å². The lowest BCUT2D eigenvalue weighted by atomic mass is 9.89. The number of carbonyl (C=O) groups excluding carboxylic acids is 1. The van der Waals surface area contributed by atoms with Crippen LogP contribution in [0.3, 0.4) is 0 Å². The Morgan fingerprint density at radius 2 is 2.09 bits per heavy atom. The number of aliphatic hydroxyl groups excluding tert-OH is 3. The van der Waals surface area contributed by atoms with Crippen LogP contribution in [0.25, 0.3) is 0 Å². The van der Waals surface area contributed by atoms with Crippen molar-refractivity contribution in [3.8, 4) is 6.07 Å². The van der Waals surface area contributed by atoms with Gasteiger partial charge in [-0.3, -0.25) is 4.79 Å². The standard InChI is InChI=1S/C25H35NO5S/c1-17(2)31-25(30)8-6-4-3-5-7-21-22(24(29)15-23(21)28)14-10-18(27)9-11-19-12-13-20(16-26)32-19/h3,5,10,12-14,17-18,21-24,27-29H,4,6-9,11,15H2,1-2H3/t18-,21+,22+,23-,24+/m0/s1. The number of aliphatic hydroxyl groups is 3. The molecule has 1 aliphatic carbocycles. The van der Waals surface area contributed by atoms with Crippen molar-refractivity contribution in [3.63, 3.8) is 0 Å². The number of thiophene rings is 1. The molecule has 0 aliphatic heterocycles. The lowest BCUT2D eigenvalue weighted by molar-refractivity contribution is -0.147. The van der Waals surface area contributed by atoms with Gasteiger partial charge in [0.05, 0.1) is 24.4 Å². The number of carbonyl (C=O) groups is 1. The molecule has 2 rings (SSSR count). The third-order valence-electron chi connectivity index (χ3n) is 5.62. The zero-order chi connectivity index (χ0) is 23.5. The molecule has 6 nitrogen and oxygen atoms in total. The molecule has 0 spiro atoms. The van der Waals surface area contributed by atoms with Crippen LogP contribution in [0.1, 0.15) is 62.1 Å². The van der Waals surface area contributed by atoms with E-state index >= 15 is 0 Å². The first-order valence-electron chi connectivity index (χ1n) is 11.4. The molecule has 0 amide bonds. The number of hydrogen-bond acceptors (Lipinski definition) is 7. The third kappa shape index (κ3) is 8.87. The second-order valence-corrected chi connectivity index (χ2v) is 9.79. The minimum atomic E-state index is -0.644. The van der Waals surface area contributed by atoms with Crippen molar-refractivity contribution in [2.45, 2.75) is 83.2 Å². The quantitative estimate of drug-likeness (QED) is 0.247. The molecular weight excluding hydrogens is 426 g/mol. The van der Waals surface area contributed by atoms with Crippen molar-refractivity contribution in [2.75, 3.05) is 0 Å². The minimum Gasteiger partial charge on any atom is -0.463 e. The summed E-state index contributed by atoms with van der Waals surface area (Å²) in [5, 5.41) is 39.9. The SMILES string of the molecule is CC(C)OC(=O)CCCC=CC[C@@H]1[C@@H](C=C[C@@H](O)CCc2ccc(C#N)s2)[C@H](O)C[C@@H]1O. The summed E-state index contributed by atoms with van der Waals surface area (Å²) in [5.41, 5.74) is 0. The zero-order valence-electron chi connectivity index (χ0n) is 18.9. The molecule has 7 heteroatoms. The maximum absolute atomic E-state index is 11.5. The van der Waals surface area contributed by atoms with Gasteiger partial charge in [0.2, 0.25) is 0 Å². The Morgan fingerprint density at radius 3 is 2.78 bits per heavy atom. The fraction of sp³-hybridized carbons (Fsp3) is 0.600. The molecule has 5 atom stereocenters. The van der Waals surface area contributed by atoms with Gasteiger partial charge in [0.25, 0.3) is 0 Å². The average molecular weight is 462 g/mol. The molecule has 0 unspecified atom stereocenters. The summed E-state index contributed by atoms with van der Waals surface area (Å²) in [7, 11) is 0. The number of rotatable bonds is 12. The molecule has 1 fully saturated rings. The van der Waals surface area contributed by atoms with E-state index in [9.17, 15) is 20.1 Å². The van der Waals surface area contributed by atoms with E-state index in [0.29, 0.717) is 43.4 Å². The summed E-state index contributed by atoms with van der Waals surface area (Å²) in [6.07, 6.45) is 9.64. The summed E-state index contributed by atoms with van der Waals surface area (Å²) in [4.78, 5) is 13.3. The summed E-state index contributed by atoms with van der Waals surface area (Å²) < 4.78 is 5.11. The summed E-state index contributed by atoms with van der Waals surface area (Å²) in [5.74, 6) is -0.501. The smallest absolute Gasteiger partial charge is 0.306 e. The van der Waals surface area contributed by atoms with Crippen molar-refractivity contribution in [3.05, 3.63) is 46.2 Å². The molecule has 1 heterocycles. The first-order valence-corrected chi connectivity index (χ1v) is 12.2. The number of nitrogens with zero attached hydrogens (tertiary/aromatic N) is 1. The van der Waals surface area contributed by atoms with Crippen molar-refractivity contribution in [1.82, 2.24) is 0 Å². The molecule has 0 radical (unpaired) electrons. The first-order chi connectivity index (χ1) is 15.3. The fourth-order valence-electron chi connectivity index (χ4n) is 3.98. The van der Waals surface area contributed by atoms with Crippen LogP contribution >= 0.6 is 11.3 Å². The Balaban J connectivity index is 1.77. The summed E-state index contributed by atoms with van der Waals surface area (Å²) in [6, 6.07) is 5.81. The van der Waals surface area contributed by atoms with E-state index < -0.39 is 18.3 Å². The Kier molecular flexibility index (Phi) is 11.1. The lowest BCUT2D eigenvalue weighted by Crippen LogP contribution is -2.20. The van der Waals surface area contributed by atoms with Gasteiger partial charge in [-0.25, -0.2) is 0 Å². The van der Waals surface area contributed by atoms with Crippen LogP contribution in [-0.2, 0) is 16.0 Å². The topological polar surface area (TPSA) is 111 Å². The predicted octanol–water partition coefficient (Wildman–Crippen LogP) is 3.90. The van der Waals surface area contributed by atoms with Crippen LogP contribution in [0, 0.1) is 23.2 Å². The van der Waals surface area contributed by atoms with Gasteiger partial charge in [-0.1, -0.05) is 24.3 Å². The van der Waals surface area contributed by atoms with Crippen LogP contribution in [0.4, 0.5) is 0 Å². The molecule has 32 heavy (non-hydrogen) atoms. The Labute approximate surface area is 194 Å². The van der Waals surface area contributed by atoms with Gasteiger partial charge in [0.1, 0.15) is 10.9 Å². The number of aryl methyl sites for hydroxylation is 1. The molecule has 0 bridgehead atoms. The second-order valence-electron chi connectivity index (χ2n) is 8.62. The molecule has 1 aromatic heterocycles. The number of allylic oxidation sites excluding steroid dienone is 2. The van der Waals surface area contributed by atoms with E-state index in [1.807, 2.05) is 38.1 Å². The van der Waals surface area contributed by atoms with Gasteiger partial charge in [0.15, 0.2) is 0 Å². The van der Waals surface area contributed by atoms with Gasteiger partial charge in [0, 0.05) is 23.6 Å². The highest BCUT2D eigenvalue weighted by atomic mass is 32.1. The summed E-state index contributed by atoms with van der Waals surface area (Å²) in [6.45, 7) is 3.66. The van der Waals surface area contributed by atoms with E-state index in [1.165, 1.54) is 11.3 Å². The van der Waals surface area contributed by atoms with Crippen molar-refractivity contribution < 1.29 is 24.9 Å². The number of esters is 1. The number of nitriles is 1. The van der Waals surface area contributed by atoms with Crippen molar-refractivity contribution in [1.29, 1.82) is 5.26 Å². The van der Waals surface area contributed by atoms with Crippen LogP contribution in [0.5, 0.6) is 0 Å². The number of ether oxygens (including phenoxy) is 1. The molecule has 1 aromatic rings. The monoisotopic (exact) mass is 461 g/mol. The predicted molar refractivity (Wildman–Crippen MR) is 125 cm³/mol. The van der Waals surface area contributed by atoms with Gasteiger partial charge >= 0.3 is 5.97 Å². The second kappa shape index (κ2) is 13.5. The van der Waals surface area contributed by atoms with Gasteiger partial charge in [-0.05, 0) is 64.0 Å². The maximum Gasteiger partial charge on any atom is 0.306 e. The van der Waals surface area contributed by atoms with Gasteiger partial charge < -0.3 is 20.1 Å². The van der Waals surface area contributed by atoms with Gasteiger partial charge in [-0.2, -0.15) is 5.26 Å². The molecule has 176 valence electrons. The third-order valence-corrected chi connectivity index (χ3v) is 6.67. The highest BCUT2D eigenvalue weighted by molar-refractivity contribution is 7.12. The van der Waals surface area contributed by atoms with Crippen molar-refractivity contribution in [2.24, 2.45) is 11.8 Å². The van der Waals surface area contributed by atoms with Crippen LogP contribution in [0.15, 0.2) is 36.4 Å². The fourth-order valence-corrected chi connectivity index (χ4v) is 4.80. The normalized spacial score (nSPS) is 24.4. The van der Waals surface area contributed by atoms with Gasteiger partial charge in [-0.15, -0.1) is 11.3 Å². The largest absolute Gasteiger partial charge is 0.463 e. The van der Waals surface area contributed by atoms with E-state index in [-0.39, 0.29) is 23.9 Å². The zero-order valence-corrected chi connectivity index (χ0v) is 19.7. The number of unbranched alkanes of at least 4 members (excludes halogenated alkanes) is 1. The summed E-state index contributed by atoms with van der Waals surface area (Å²) >= 11 is 1.44. The van der Waals surface area contributed by atoms with E-state index in [2.05, 4.69) is 6.07 Å². The molecule has 3 N–H and O–H groups in total. The van der Waals surface area contributed by atoms with Crippen molar-refractivity contribution >= 4 is 17.3 Å². The molecule has 1 aliphatic rings. The van der Waals surface area contributed by atoms with Crippen LogP contribution in [-0.4, -0.2) is 45.7 Å². The molecule has 1 saturated carbocycles. The Morgan fingerprint density at radius 1 is 1.31 bits per heavy atom. The minimum absolute atomic E-state index is 0.0936. The molecule has 0 aromatic carbocycles. The Bertz CT molecular complexity index is 809. The first kappa shape index (κ1) is 26.3. The Hall–Kier alpha value is -1.98. The van der Waals surface area contributed by atoms with Crippen LogP contribution in [0.2, 0.25) is 0 Å². The highest BCUT2D eigenvalue weighted by Crippen LogP contribution is 2.36. The maximum atomic E-state index is 11.5. The average Bonchev–Trinajstić information content (AvgIpc) is 3.30. The lowest BCUT2D eigenvalue weighted by Gasteiger charge is -2.19. The highest BCUT2D eigenvalue weighted by Gasteiger charge is 2.39. The molecular formula is C25H35NO5S. The molecule has 0 saturated heterocycles. The number of hydrogen-bond donors (Lipinski definition) is 3.